The Kier molecular flexibility index (Phi) is 12.0. The second-order valence-corrected chi connectivity index (χ2v) is 4.54. The highest BCUT2D eigenvalue weighted by Crippen LogP contribution is 1.98. The zero-order chi connectivity index (χ0) is 12.9. The smallest absolute Gasteiger partial charge is 0.221 e. The van der Waals surface area contributed by atoms with E-state index in [-0.39, 0.29) is 12.5 Å². The molecule has 0 saturated heterocycles. The van der Waals surface area contributed by atoms with Gasteiger partial charge >= 0.3 is 0 Å². The van der Waals surface area contributed by atoms with E-state index < -0.39 is 0 Å². The molecule has 5 heteroatoms. The van der Waals surface area contributed by atoms with Crippen LogP contribution in [-0.4, -0.2) is 54.5 Å². The van der Waals surface area contributed by atoms with Gasteiger partial charge in [-0.3, -0.25) is 4.79 Å². The number of unbranched alkanes of at least 4 members (excludes halogenated alkanes) is 1. The molecule has 0 radical (unpaired) electrons. The van der Waals surface area contributed by atoms with Crippen LogP contribution in [0.2, 0.25) is 0 Å². The average Bonchev–Trinajstić information content (AvgIpc) is 2.35. The number of carbonyl (C=O) groups is 1. The molecule has 0 unspecified atom stereocenters. The van der Waals surface area contributed by atoms with Crippen LogP contribution in [-0.2, 0) is 4.79 Å². The van der Waals surface area contributed by atoms with Crippen molar-refractivity contribution in [3.05, 3.63) is 0 Å². The number of carbonyl (C=O) groups excluding carboxylic acids is 1. The van der Waals surface area contributed by atoms with Gasteiger partial charge in [-0.1, -0.05) is 13.3 Å². The number of aliphatic hydroxyl groups is 1. The molecule has 0 aliphatic rings. The molecule has 102 valence electrons. The molecule has 0 saturated carbocycles. The molecule has 0 fully saturated rings. The molecule has 1 amide bonds. The summed E-state index contributed by atoms with van der Waals surface area (Å²) in [5.41, 5.74) is 0. The van der Waals surface area contributed by atoms with Gasteiger partial charge in [0.1, 0.15) is 0 Å². The maximum Gasteiger partial charge on any atom is 0.221 e. The minimum Gasteiger partial charge on any atom is -0.396 e. The standard InChI is InChI=1S/C12H26N2O2S/c1-2-3-7-14(8-4-10-15)9-5-12(16)13-6-11-17/h15,17H,2-11H2,1H3,(H,13,16). The fourth-order valence-corrected chi connectivity index (χ4v) is 1.67. The molecular weight excluding hydrogens is 236 g/mol. The first-order valence-corrected chi connectivity index (χ1v) is 7.08. The normalized spacial score (nSPS) is 10.8. The molecule has 0 rings (SSSR count). The third-order valence-corrected chi connectivity index (χ3v) is 2.77. The van der Waals surface area contributed by atoms with E-state index in [1.54, 1.807) is 0 Å². The lowest BCUT2D eigenvalue weighted by Crippen LogP contribution is -2.33. The minimum atomic E-state index is 0.0875. The van der Waals surface area contributed by atoms with Crippen molar-refractivity contribution >= 4 is 18.5 Å². The largest absolute Gasteiger partial charge is 0.396 e. The Bertz CT molecular complexity index is 183. The van der Waals surface area contributed by atoms with E-state index in [0.717, 1.165) is 38.9 Å². The van der Waals surface area contributed by atoms with Crippen molar-refractivity contribution in [3.63, 3.8) is 0 Å². The van der Waals surface area contributed by atoms with Crippen LogP contribution < -0.4 is 5.32 Å². The van der Waals surface area contributed by atoms with Gasteiger partial charge in [-0.25, -0.2) is 0 Å². The maximum atomic E-state index is 11.4. The average molecular weight is 262 g/mol. The molecule has 0 aromatic heterocycles. The van der Waals surface area contributed by atoms with E-state index in [1.165, 1.54) is 0 Å². The van der Waals surface area contributed by atoms with E-state index in [1.807, 2.05) is 0 Å². The molecule has 0 aromatic carbocycles. The van der Waals surface area contributed by atoms with Crippen LogP contribution in [0.4, 0.5) is 0 Å². The van der Waals surface area contributed by atoms with E-state index in [0.29, 0.717) is 18.7 Å². The Morgan fingerprint density at radius 1 is 1.29 bits per heavy atom. The van der Waals surface area contributed by atoms with Crippen LogP contribution in [0.15, 0.2) is 0 Å². The summed E-state index contributed by atoms with van der Waals surface area (Å²) in [6.07, 6.45) is 3.61. The predicted molar refractivity (Wildman–Crippen MR) is 74.5 cm³/mol. The number of thiol groups is 1. The van der Waals surface area contributed by atoms with Gasteiger partial charge in [0.25, 0.3) is 0 Å². The number of hydrogen-bond donors (Lipinski definition) is 3. The van der Waals surface area contributed by atoms with E-state index in [4.69, 9.17) is 5.11 Å². The highest BCUT2D eigenvalue weighted by molar-refractivity contribution is 7.80. The zero-order valence-electron chi connectivity index (χ0n) is 10.8. The number of hydrogen-bond acceptors (Lipinski definition) is 4. The predicted octanol–water partition coefficient (Wildman–Crippen LogP) is 0.907. The van der Waals surface area contributed by atoms with E-state index in [9.17, 15) is 4.79 Å². The third-order valence-electron chi connectivity index (χ3n) is 2.55. The van der Waals surface area contributed by atoms with Crippen LogP contribution in [0.25, 0.3) is 0 Å². The summed E-state index contributed by atoms with van der Waals surface area (Å²) in [6, 6.07) is 0. The SMILES string of the molecule is CCCCN(CCCO)CCC(=O)NCCS. The number of nitrogens with zero attached hydrogens (tertiary/aromatic N) is 1. The Hall–Kier alpha value is -0.260. The van der Waals surface area contributed by atoms with Crippen LogP contribution in [0.1, 0.15) is 32.6 Å². The number of rotatable bonds is 11. The van der Waals surface area contributed by atoms with Gasteiger partial charge in [0.05, 0.1) is 0 Å². The van der Waals surface area contributed by atoms with Crippen LogP contribution in [0, 0.1) is 0 Å². The number of nitrogens with one attached hydrogen (secondary N) is 1. The summed E-state index contributed by atoms with van der Waals surface area (Å²) in [4.78, 5) is 13.7. The lowest BCUT2D eigenvalue weighted by atomic mass is 10.2. The molecule has 17 heavy (non-hydrogen) atoms. The van der Waals surface area contributed by atoms with Gasteiger partial charge in [-0.2, -0.15) is 12.6 Å². The second kappa shape index (κ2) is 12.2. The van der Waals surface area contributed by atoms with Crippen molar-refractivity contribution in [1.29, 1.82) is 0 Å². The minimum absolute atomic E-state index is 0.0875. The van der Waals surface area contributed by atoms with Gasteiger partial charge in [0.15, 0.2) is 0 Å². The Morgan fingerprint density at radius 3 is 2.59 bits per heavy atom. The van der Waals surface area contributed by atoms with Crippen molar-refractivity contribution in [2.24, 2.45) is 0 Å². The quantitative estimate of drug-likeness (QED) is 0.485. The summed E-state index contributed by atoms with van der Waals surface area (Å²) in [6.45, 7) is 5.66. The highest BCUT2D eigenvalue weighted by atomic mass is 32.1. The Balaban J connectivity index is 3.75. The van der Waals surface area contributed by atoms with Gasteiger partial charge in [-0.15, -0.1) is 0 Å². The molecule has 0 aromatic rings. The Labute approximate surface area is 110 Å². The van der Waals surface area contributed by atoms with Gasteiger partial charge < -0.3 is 15.3 Å². The van der Waals surface area contributed by atoms with Crippen molar-refractivity contribution in [3.8, 4) is 0 Å². The molecule has 0 atom stereocenters. The van der Waals surface area contributed by atoms with Crippen LogP contribution in [0.3, 0.4) is 0 Å². The molecule has 0 spiro atoms. The summed E-state index contributed by atoms with van der Waals surface area (Å²) in [5, 5.41) is 11.6. The molecule has 0 bridgehead atoms. The first-order chi connectivity index (χ1) is 8.24. The van der Waals surface area contributed by atoms with E-state index >= 15 is 0 Å². The fraction of sp³-hybridized carbons (Fsp3) is 0.917. The molecular formula is C12H26N2O2S. The van der Waals surface area contributed by atoms with Crippen molar-refractivity contribution in [2.75, 3.05) is 38.5 Å². The van der Waals surface area contributed by atoms with E-state index in [2.05, 4.69) is 29.8 Å². The molecule has 0 aliphatic carbocycles. The maximum absolute atomic E-state index is 11.4. The molecule has 2 N–H and O–H groups in total. The zero-order valence-corrected chi connectivity index (χ0v) is 11.7. The Morgan fingerprint density at radius 2 is 2.00 bits per heavy atom. The van der Waals surface area contributed by atoms with Crippen molar-refractivity contribution in [1.82, 2.24) is 10.2 Å². The van der Waals surface area contributed by atoms with Crippen molar-refractivity contribution in [2.45, 2.75) is 32.6 Å². The van der Waals surface area contributed by atoms with Crippen LogP contribution in [0.5, 0.6) is 0 Å². The first-order valence-electron chi connectivity index (χ1n) is 6.45. The number of amides is 1. The van der Waals surface area contributed by atoms with Gasteiger partial charge in [0.2, 0.25) is 5.91 Å². The second-order valence-electron chi connectivity index (χ2n) is 4.10. The fourth-order valence-electron chi connectivity index (χ4n) is 1.55. The monoisotopic (exact) mass is 262 g/mol. The van der Waals surface area contributed by atoms with Gasteiger partial charge in [0, 0.05) is 38.4 Å². The summed E-state index contributed by atoms with van der Waals surface area (Å²) < 4.78 is 0. The number of aliphatic hydroxyl groups excluding tert-OH is 1. The van der Waals surface area contributed by atoms with Crippen LogP contribution >= 0.6 is 12.6 Å². The lowest BCUT2D eigenvalue weighted by Gasteiger charge is -2.21. The van der Waals surface area contributed by atoms with Gasteiger partial charge in [-0.05, 0) is 19.4 Å². The third kappa shape index (κ3) is 10.6. The van der Waals surface area contributed by atoms with Crippen molar-refractivity contribution < 1.29 is 9.90 Å². The molecule has 0 heterocycles. The highest BCUT2D eigenvalue weighted by Gasteiger charge is 2.07. The topological polar surface area (TPSA) is 52.6 Å². The summed E-state index contributed by atoms with van der Waals surface area (Å²) in [5.74, 6) is 0.764. The molecule has 4 nitrogen and oxygen atoms in total. The lowest BCUT2D eigenvalue weighted by molar-refractivity contribution is -0.121. The summed E-state index contributed by atoms with van der Waals surface area (Å²) >= 11 is 4.04. The molecule has 0 aliphatic heterocycles. The summed E-state index contributed by atoms with van der Waals surface area (Å²) in [7, 11) is 0. The first kappa shape index (κ1) is 16.7.